The number of alkyl halides is 1. The van der Waals surface area contributed by atoms with Crippen LogP contribution in [-0.2, 0) is 5.88 Å². The lowest BCUT2D eigenvalue weighted by Crippen LogP contribution is -2.00. The van der Waals surface area contributed by atoms with Gasteiger partial charge in [-0.1, -0.05) is 0 Å². The molecule has 0 saturated carbocycles. The van der Waals surface area contributed by atoms with Gasteiger partial charge in [0, 0.05) is 6.20 Å². The monoisotopic (exact) mass is 365 g/mol. The maximum atomic E-state index is 6.06. The Balaban J connectivity index is 2.28. The van der Waals surface area contributed by atoms with E-state index in [1.807, 2.05) is 35.8 Å². The average molecular weight is 367 g/mol. The molecule has 0 N–H and O–H groups in total. The molecule has 6 heteroatoms. The zero-order chi connectivity index (χ0) is 15.0. The van der Waals surface area contributed by atoms with Crippen molar-refractivity contribution in [3.8, 4) is 11.4 Å². The van der Waals surface area contributed by atoms with E-state index in [-0.39, 0.29) is 0 Å². The molecule has 0 atom stereocenters. The topological polar surface area (TPSA) is 39.9 Å². The highest BCUT2D eigenvalue weighted by atomic mass is 79.9. The van der Waals surface area contributed by atoms with Crippen LogP contribution in [0.1, 0.15) is 11.4 Å². The molecule has 3 rings (SSSR count). The number of fused-ring (bicyclic) bond motifs is 1. The van der Waals surface area contributed by atoms with Gasteiger partial charge in [0.2, 0.25) is 0 Å². The Morgan fingerprint density at radius 3 is 2.81 bits per heavy atom. The molecule has 0 fully saturated rings. The van der Waals surface area contributed by atoms with Gasteiger partial charge in [0.25, 0.3) is 0 Å². The summed E-state index contributed by atoms with van der Waals surface area (Å²) in [5.41, 5.74) is 3.71. The first-order valence-corrected chi connectivity index (χ1v) is 7.71. The van der Waals surface area contributed by atoms with Gasteiger partial charge in [-0.25, -0.2) is 9.97 Å². The zero-order valence-electron chi connectivity index (χ0n) is 11.6. The van der Waals surface area contributed by atoms with E-state index in [0.717, 1.165) is 38.5 Å². The van der Waals surface area contributed by atoms with Crippen LogP contribution in [0.4, 0.5) is 0 Å². The molecule has 0 unspecified atom stereocenters. The van der Waals surface area contributed by atoms with Gasteiger partial charge >= 0.3 is 0 Å². The molecule has 1 aromatic carbocycles. The number of ether oxygens (including phenoxy) is 1. The summed E-state index contributed by atoms with van der Waals surface area (Å²) in [6.07, 6.45) is 1.78. The van der Waals surface area contributed by atoms with Crippen molar-refractivity contribution in [1.82, 2.24) is 14.5 Å². The second kappa shape index (κ2) is 5.66. The summed E-state index contributed by atoms with van der Waals surface area (Å²) in [5, 5.41) is 0. The summed E-state index contributed by atoms with van der Waals surface area (Å²) in [7, 11) is 1.64. The summed E-state index contributed by atoms with van der Waals surface area (Å²) in [6.45, 7) is 2.02. The smallest absolute Gasteiger partial charge is 0.164 e. The van der Waals surface area contributed by atoms with E-state index in [0.29, 0.717) is 5.88 Å². The molecule has 2 heterocycles. The van der Waals surface area contributed by atoms with Crippen molar-refractivity contribution < 1.29 is 4.74 Å². The number of imidazole rings is 1. The lowest BCUT2D eigenvalue weighted by molar-refractivity contribution is 0.412. The largest absolute Gasteiger partial charge is 0.496 e. The number of nitrogens with zero attached hydrogens (tertiary/aromatic N) is 3. The molecule has 0 aliphatic rings. The fraction of sp³-hybridized carbons (Fsp3) is 0.200. The van der Waals surface area contributed by atoms with Crippen LogP contribution in [0.3, 0.4) is 0 Å². The van der Waals surface area contributed by atoms with E-state index < -0.39 is 0 Å². The van der Waals surface area contributed by atoms with E-state index in [1.54, 1.807) is 13.3 Å². The summed E-state index contributed by atoms with van der Waals surface area (Å²) < 4.78 is 8.11. The molecule has 4 nitrogen and oxygen atoms in total. The van der Waals surface area contributed by atoms with Gasteiger partial charge in [0.05, 0.1) is 23.1 Å². The number of aromatic nitrogens is 3. The molecule has 0 aliphatic heterocycles. The van der Waals surface area contributed by atoms with Crippen molar-refractivity contribution in [1.29, 1.82) is 0 Å². The van der Waals surface area contributed by atoms with E-state index in [2.05, 4.69) is 25.9 Å². The molecule has 0 amide bonds. The number of pyridine rings is 1. The van der Waals surface area contributed by atoms with Crippen molar-refractivity contribution >= 4 is 38.7 Å². The van der Waals surface area contributed by atoms with Crippen LogP contribution in [0.2, 0.25) is 0 Å². The van der Waals surface area contributed by atoms with Gasteiger partial charge in [-0.3, -0.25) is 4.57 Å². The second-order valence-electron chi connectivity index (χ2n) is 4.62. The first-order valence-electron chi connectivity index (χ1n) is 6.38. The minimum Gasteiger partial charge on any atom is -0.496 e. The van der Waals surface area contributed by atoms with Gasteiger partial charge in [-0.15, -0.1) is 11.6 Å². The molecular formula is C15H13BrClN3O. The first-order chi connectivity index (χ1) is 10.2. The fourth-order valence-electron chi connectivity index (χ4n) is 2.29. The predicted octanol–water partition coefficient (Wildman–Crippen LogP) is 4.24. The number of hydrogen-bond acceptors (Lipinski definition) is 3. The number of halogens is 2. The maximum Gasteiger partial charge on any atom is 0.164 e. The molecule has 3 aromatic rings. The summed E-state index contributed by atoms with van der Waals surface area (Å²) in [5.74, 6) is 1.87. The minimum atomic E-state index is 0.319. The third-order valence-electron chi connectivity index (χ3n) is 3.33. The molecule has 0 saturated heterocycles. The summed E-state index contributed by atoms with van der Waals surface area (Å²) >= 11 is 9.56. The Morgan fingerprint density at radius 2 is 2.14 bits per heavy atom. The van der Waals surface area contributed by atoms with Crippen molar-refractivity contribution in [3.63, 3.8) is 0 Å². The summed E-state index contributed by atoms with van der Waals surface area (Å²) in [6, 6.07) is 7.78. The third kappa shape index (κ3) is 2.40. The van der Waals surface area contributed by atoms with Crippen LogP contribution in [-0.4, -0.2) is 21.6 Å². The van der Waals surface area contributed by atoms with Gasteiger partial charge in [-0.2, -0.15) is 0 Å². The quantitative estimate of drug-likeness (QED) is 0.651. The highest BCUT2D eigenvalue weighted by Crippen LogP contribution is 2.30. The lowest BCUT2D eigenvalue weighted by Gasteiger charge is -2.10. The van der Waals surface area contributed by atoms with E-state index in [4.69, 9.17) is 16.3 Å². The van der Waals surface area contributed by atoms with E-state index in [1.165, 1.54) is 0 Å². The number of methoxy groups -OCH3 is 1. The summed E-state index contributed by atoms with van der Waals surface area (Å²) in [4.78, 5) is 9.06. The van der Waals surface area contributed by atoms with E-state index in [9.17, 15) is 0 Å². The number of rotatable bonds is 3. The van der Waals surface area contributed by atoms with Crippen molar-refractivity contribution in [2.24, 2.45) is 0 Å². The average Bonchev–Trinajstić information content (AvgIpc) is 2.87. The van der Waals surface area contributed by atoms with Gasteiger partial charge in [0.1, 0.15) is 17.1 Å². The third-order valence-corrected chi connectivity index (χ3v) is 4.19. The maximum absolute atomic E-state index is 6.06. The Hall–Kier alpha value is -1.59. The molecule has 0 bridgehead atoms. The van der Waals surface area contributed by atoms with Crippen molar-refractivity contribution in [2.75, 3.05) is 7.11 Å². The Bertz CT molecular complexity index is 816. The highest BCUT2D eigenvalue weighted by molar-refractivity contribution is 9.10. The Morgan fingerprint density at radius 1 is 1.33 bits per heavy atom. The van der Waals surface area contributed by atoms with Gasteiger partial charge < -0.3 is 4.74 Å². The second-order valence-corrected chi connectivity index (χ2v) is 5.74. The fourth-order valence-corrected chi connectivity index (χ4v) is 3.00. The van der Waals surface area contributed by atoms with Crippen LogP contribution in [0.25, 0.3) is 16.9 Å². The number of aryl methyl sites for hydroxylation is 1. The van der Waals surface area contributed by atoms with Crippen LogP contribution < -0.4 is 4.74 Å². The Kier molecular flexibility index (Phi) is 3.87. The molecule has 0 radical (unpaired) electrons. The number of hydrogen-bond donors (Lipinski definition) is 0. The van der Waals surface area contributed by atoms with Gasteiger partial charge in [0.15, 0.2) is 5.65 Å². The van der Waals surface area contributed by atoms with Crippen molar-refractivity contribution in [2.45, 2.75) is 12.8 Å². The normalized spacial score (nSPS) is 11.0. The van der Waals surface area contributed by atoms with Crippen molar-refractivity contribution in [3.05, 3.63) is 46.3 Å². The molecule has 108 valence electrons. The highest BCUT2D eigenvalue weighted by Gasteiger charge is 2.15. The molecular weight excluding hydrogens is 354 g/mol. The Labute approximate surface area is 135 Å². The van der Waals surface area contributed by atoms with Crippen LogP contribution in [0, 0.1) is 6.92 Å². The molecule has 0 spiro atoms. The van der Waals surface area contributed by atoms with Crippen LogP contribution >= 0.6 is 27.5 Å². The standard InChI is InChI=1S/C15H13BrClN3O/c1-9-5-6-18-15-14(9)19-13(8-17)20(15)10-3-4-12(21-2)11(16)7-10/h3-7H,8H2,1-2H3. The minimum absolute atomic E-state index is 0.319. The molecule has 0 aliphatic carbocycles. The first kappa shape index (κ1) is 14.4. The predicted molar refractivity (Wildman–Crippen MR) is 87.4 cm³/mol. The zero-order valence-corrected chi connectivity index (χ0v) is 13.9. The van der Waals surface area contributed by atoms with Crippen LogP contribution in [0.5, 0.6) is 5.75 Å². The van der Waals surface area contributed by atoms with Gasteiger partial charge in [-0.05, 0) is 52.7 Å². The van der Waals surface area contributed by atoms with Crippen LogP contribution in [0.15, 0.2) is 34.9 Å². The lowest BCUT2D eigenvalue weighted by atomic mass is 10.2. The molecule has 2 aromatic heterocycles. The SMILES string of the molecule is COc1ccc(-n2c(CCl)nc3c(C)ccnc32)cc1Br. The molecule has 21 heavy (non-hydrogen) atoms. The van der Waals surface area contributed by atoms with E-state index >= 15 is 0 Å². The number of benzene rings is 1.